The minimum absolute atomic E-state index is 0. The van der Waals surface area contributed by atoms with E-state index in [4.69, 9.17) is 11.6 Å². The minimum Gasteiger partial charge on any atom is -1.00 e. The fourth-order valence-corrected chi connectivity index (χ4v) is 2.85. The molecule has 0 nitrogen and oxygen atoms in total. The van der Waals surface area contributed by atoms with E-state index in [-0.39, 0.29) is 52.9 Å². The molecule has 0 fully saturated rings. The fraction of sp³-hybridized carbons (Fsp3) is 0.250. The summed E-state index contributed by atoms with van der Waals surface area (Å²) in [6, 6.07) is 10.1. The zero-order chi connectivity index (χ0) is 16.9. The second-order valence-corrected chi connectivity index (χ2v) is 6.57. The van der Waals surface area contributed by atoms with Crippen LogP contribution in [-0.2, 0) is 11.5 Å². The Balaban J connectivity index is -0.000000350. The van der Waals surface area contributed by atoms with Crippen LogP contribution in [0, 0.1) is 13.8 Å². The zero-order valence-electron chi connectivity index (χ0n) is 13.4. The summed E-state index contributed by atoms with van der Waals surface area (Å²) >= 11 is 11.7. The number of aryl methyl sites for hydroxylation is 2. The second-order valence-electron chi connectivity index (χ2n) is 4.69. The quantitative estimate of drug-likeness (QED) is 0.365. The molecule has 0 N–H and O–H groups in total. The van der Waals surface area contributed by atoms with Crippen LogP contribution >= 0.6 is 43.5 Å². The van der Waals surface area contributed by atoms with Gasteiger partial charge in [-0.05, 0) is 43.2 Å². The molecule has 0 heterocycles. The van der Waals surface area contributed by atoms with Gasteiger partial charge in [0.2, 0.25) is 0 Å². The first-order valence-corrected chi connectivity index (χ1v) is 8.58. The van der Waals surface area contributed by atoms with E-state index in [1.54, 1.807) is 0 Å². The third-order valence-corrected chi connectivity index (χ3v) is 4.31. The summed E-state index contributed by atoms with van der Waals surface area (Å²) in [5.41, 5.74) is 3.26. The molecule has 0 amide bonds. The van der Waals surface area contributed by atoms with Gasteiger partial charge in [-0.1, -0.05) is 67.2 Å². The van der Waals surface area contributed by atoms with Crippen molar-refractivity contribution in [3.8, 4) is 0 Å². The summed E-state index contributed by atoms with van der Waals surface area (Å²) in [6.07, 6.45) is -4.39. The Bertz CT molecular complexity index is 653. The smallest absolute Gasteiger partial charge is 1.00 e. The monoisotopic (exact) mass is 550 g/mol. The number of halogens is 8. The number of benzene rings is 2. The summed E-state index contributed by atoms with van der Waals surface area (Å²) < 4.78 is 36.7. The molecule has 2 aromatic rings. The van der Waals surface area contributed by atoms with E-state index in [0.29, 0.717) is 4.47 Å². The first kappa shape index (κ1) is 30.6. The summed E-state index contributed by atoms with van der Waals surface area (Å²) in [5.74, 6) is 0. The van der Waals surface area contributed by atoms with Crippen molar-refractivity contribution in [3.05, 3.63) is 68.1 Å². The van der Waals surface area contributed by atoms with E-state index in [1.807, 2.05) is 0 Å². The van der Waals surface area contributed by atoms with Crippen molar-refractivity contribution < 1.29 is 38.0 Å². The summed E-state index contributed by atoms with van der Waals surface area (Å²) in [4.78, 5) is 0. The topological polar surface area (TPSA) is 0 Å². The molecule has 2 aromatic carbocycles. The Morgan fingerprint density at radius 2 is 1.56 bits per heavy atom. The Kier molecular flexibility index (Phi) is 17.0. The van der Waals surface area contributed by atoms with Gasteiger partial charge < -0.3 is 24.8 Å². The van der Waals surface area contributed by atoms with Crippen molar-refractivity contribution in [2.75, 3.05) is 0 Å². The molecule has 0 saturated heterocycles. The van der Waals surface area contributed by atoms with E-state index in [1.165, 1.54) is 28.8 Å². The largest absolute Gasteiger partial charge is 2.00 e. The van der Waals surface area contributed by atoms with Gasteiger partial charge in [0.1, 0.15) is 0 Å². The number of rotatable bonds is 1. The van der Waals surface area contributed by atoms with Crippen molar-refractivity contribution in [2.24, 2.45) is 0 Å². The molecule has 25 heavy (non-hydrogen) atoms. The molecule has 0 aliphatic heterocycles. The molecule has 0 saturated carbocycles. The average molecular weight is 554 g/mol. The summed E-state index contributed by atoms with van der Waals surface area (Å²) in [5, 5.41) is 0.672. The van der Waals surface area contributed by atoms with Gasteiger partial charge in [-0.15, -0.1) is 0 Å². The van der Waals surface area contributed by atoms with Crippen molar-refractivity contribution >= 4 is 66.5 Å². The molecule has 136 valence electrons. The van der Waals surface area contributed by atoms with Crippen LogP contribution in [-0.4, -0.2) is 23.1 Å². The molecule has 0 aliphatic carbocycles. The Labute approximate surface area is 196 Å². The van der Waals surface area contributed by atoms with Crippen molar-refractivity contribution in [1.29, 1.82) is 0 Å². The van der Waals surface area contributed by atoms with Gasteiger partial charge in [-0.3, -0.25) is 0 Å². The Morgan fingerprint density at radius 1 is 1.00 bits per heavy atom. The van der Waals surface area contributed by atoms with Crippen molar-refractivity contribution in [3.63, 3.8) is 0 Å². The molecular weight excluding hydrogens is 540 g/mol. The predicted octanol–water partition coefficient (Wildman–Crippen LogP) is 0.947. The van der Waals surface area contributed by atoms with E-state index in [2.05, 4.69) is 63.9 Å². The van der Waals surface area contributed by atoms with Crippen LogP contribution in [0.2, 0.25) is 5.02 Å². The minimum atomic E-state index is -4.39. The zero-order valence-corrected chi connectivity index (χ0v) is 20.3. The van der Waals surface area contributed by atoms with Crippen LogP contribution in [0.25, 0.3) is 0 Å². The van der Waals surface area contributed by atoms with Gasteiger partial charge in [0.25, 0.3) is 0 Å². The number of alkyl halides is 4. The van der Waals surface area contributed by atoms with Crippen LogP contribution < -0.4 is 24.8 Å². The van der Waals surface area contributed by atoms with Gasteiger partial charge in [0, 0.05) is 9.80 Å². The normalized spacial score (nSPS) is 9.60. The van der Waals surface area contributed by atoms with E-state index in [0.717, 1.165) is 11.4 Å². The third kappa shape index (κ3) is 10.7. The first-order chi connectivity index (χ1) is 10.1. The molecule has 0 aliphatic rings. The van der Waals surface area contributed by atoms with E-state index in [9.17, 15) is 13.2 Å². The molecule has 0 spiro atoms. The summed E-state index contributed by atoms with van der Waals surface area (Å²) in [7, 11) is 0. The number of hydrogen-bond donors (Lipinski definition) is 0. The van der Waals surface area contributed by atoms with Crippen LogP contribution in [0.4, 0.5) is 13.2 Å². The maximum atomic E-state index is 12.1. The van der Waals surface area contributed by atoms with Gasteiger partial charge in [0.15, 0.2) is 0 Å². The van der Waals surface area contributed by atoms with Gasteiger partial charge in [0.05, 0.1) is 10.6 Å². The second kappa shape index (κ2) is 13.9. The molecule has 0 radical (unpaired) electrons. The Morgan fingerprint density at radius 3 is 1.96 bits per heavy atom. The maximum absolute atomic E-state index is 12.1. The molecule has 2 rings (SSSR count). The van der Waals surface area contributed by atoms with Crippen LogP contribution in [0.1, 0.15) is 22.3 Å². The standard InChI is InChI=1S/C9H11Br.C7H3BrClF3.2ClH.Mg/c1-7-3-4-8(2)9(5-7)6-10;8-4-1-2-6(9)5(3-4)7(10,11)12;;;/h3-5H,6H2,1-2H3;1-3H;2*1H;/q;;;;+2/p-2. The van der Waals surface area contributed by atoms with Gasteiger partial charge >= 0.3 is 29.2 Å². The SMILES string of the molecule is Cc1ccc(C)c(CBr)c1.FC(F)(F)c1cc(Br)ccc1Cl.[Cl-].[Cl-].[Mg+2]. The summed E-state index contributed by atoms with van der Waals surface area (Å²) in [6.45, 7) is 4.25. The van der Waals surface area contributed by atoms with Gasteiger partial charge in [-0.2, -0.15) is 13.2 Å². The predicted molar refractivity (Wildman–Crippen MR) is 98.5 cm³/mol. The molecular formula is C16H14Br2Cl3F3Mg. The van der Waals surface area contributed by atoms with Crippen LogP contribution in [0.3, 0.4) is 0 Å². The molecule has 0 atom stereocenters. The average Bonchev–Trinajstić information content (AvgIpc) is 2.43. The van der Waals surface area contributed by atoms with Crippen LogP contribution in [0.5, 0.6) is 0 Å². The Hall–Kier alpha value is 0.826. The molecule has 0 aromatic heterocycles. The van der Waals surface area contributed by atoms with Crippen molar-refractivity contribution in [2.45, 2.75) is 25.4 Å². The van der Waals surface area contributed by atoms with Crippen LogP contribution in [0.15, 0.2) is 40.9 Å². The van der Waals surface area contributed by atoms with Gasteiger partial charge in [-0.25, -0.2) is 0 Å². The third-order valence-electron chi connectivity index (χ3n) is 2.88. The van der Waals surface area contributed by atoms with E-state index >= 15 is 0 Å². The molecule has 0 unspecified atom stereocenters. The van der Waals surface area contributed by atoms with E-state index < -0.39 is 11.7 Å². The fourth-order valence-electron chi connectivity index (χ4n) is 1.66. The molecule has 9 heteroatoms. The molecule has 0 bridgehead atoms. The maximum Gasteiger partial charge on any atom is 2.00 e. The first-order valence-electron chi connectivity index (χ1n) is 6.29. The number of hydrogen-bond acceptors (Lipinski definition) is 0. The van der Waals surface area contributed by atoms with Crippen molar-refractivity contribution in [1.82, 2.24) is 0 Å².